The maximum absolute atomic E-state index is 11.7. The van der Waals surface area contributed by atoms with Gasteiger partial charge in [-0.15, -0.1) is 0 Å². The first-order chi connectivity index (χ1) is 10.0. The number of carbonyl (C=O) groups excluding carboxylic acids is 1. The van der Waals surface area contributed by atoms with Gasteiger partial charge in [0.15, 0.2) is 6.61 Å². The number of piperidine rings is 1. The number of nitrogens with zero attached hydrogens (tertiary/aromatic N) is 2. The van der Waals surface area contributed by atoms with Gasteiger partial charge in [0.2, 0.25) is 0 Å². The summed E-state index contributed by atoms with van der Waals surface area (Å²) >= 11 is 5.87. The Kier molecular flexibility index (Phi) is 5.59. The van der Waals surface area contributed by atoms with Crippen molar-refractivity contribution in [1.29, 1.82) is 0 Å². The van der Waals surface area contributed by atoms with Crippen LogP contribution in [0.2, 0.25) is 5.02 Å². The van der Waals surface area contributed by atoms with Gasteiger partial charge in [0.05, 0.1) is 0 Å². The van der Waals surface area contributed by atoms with Crippen LogP contribution in [0, 0.1) is 6.92 Å². The first kappa shape index (κ1) is 15.8. The summed E-state index contributed by atoms with van der Waals surface area (Å²) in [4.78, 5) is 14.0. The molecule has 0 bridgehead atoms. The van der Waals surface area contributed by atoms with E-state index in [4.69, 9.17) is 16.3 Å². The average molecular weight is 310 g/mol. The van der Waals surface area contributed by atoms with Gasteiger partial charge in [-0.05, 0) is 37.7 Å². The van der Waals surface area contributed by atoms with Crippen LogP contribution in [-0.4, -0.2) is 43.3 Å². The van der Waals surface area contributed by atoms with Crippen LogP contribution in [0.25, 0.3) is 0 Å². The summed E-state index contributed by atoms with van der Waals surface area (Å²) in [6, 6.07) is 5.29. The molecule has 1 aromatic carbocycles. The molecule has 21 heavy (non-hydrogen) atoms. The molecule has 0 saturated carbocycles. The quantitative estimate of drug-likeness (QED) is 0.868. The maximum atomic E-state index is 11.7. The maximum Gasteiger partial charge on any atom is 0.277 e. The molecular weight excluding hydrogens is 290 g/mol. The van der Waals surface area contributed by atoms with Crippen molar-refractivity contribution in [3.05, 3.63) is 28.8 Å². The highest BCUT2D eigenvalue weighted by atomic mass is 35.5. The summed E-state index contributed by atoms with van der Waals surface area (Å²) in [5, 5.41) is 4.81. The molecule has 1 N–H and O–H groups in total. The van der Waals surface area contributed by atoms with Crippen LogP contribution >= 0.6 is 11.6 Å². The third kappa shape index (κ3) is 5.02. The van der Waals surface area contributed by atoms with Crippen LogP contribution < -0.4 is 10.2 Å². The lowest BCUT2D eigenvalue weighted by Gasteiger charge is -2.22. The number of hydrogen-bond donors (Lipinski definition) is 1. The van der Waals surface area contributed by atoms with Gasteiger partial charge in [0.25, 0.3) is 5.91 Å². The van der Waals surface area contributed by atoms with Crippen LogP contribution in [-0.2, 0) is 4.79 Å². The minimum Gasteiger partial charge on any atom is -0.483 e. The van der Waals surface area contributed by atoms with Gasteiger partial charge in [-0.2, -0.15) is 5.10 Å². The number of benzene rings is 1. The highest BCUT2D eigenvalue weighted by Crippen LogP contribution is 2.21. The summed E-state index contributed by atoms with van der Waals surface area (Å²) in [7, 11) is 2.08. The molecule has 0 aliphatic carbocycles. The van der Waals surface area contributed by atoms with E-state index in [1.807, 2.05) is 6.92 Å². The molecule has 0 aromatic heterocycles. The van der Waals surface area contributed by atoms with Crippen LogP contribution in [0.1, 0.15) is 18.4 Å². The van der Waals surface area contributed by atoms with Gasteiger partial charge in [0.1, 0.15) is 5.75 Å². The van der Waals surface area contributed by atoms with Crippen molar-refractivity contribution in [3.63, 3.8) is 0 Å². The second-order valence-electron chi connectivity index (χ2n) is 5.21. The Morgan fingerprint density at radius 3 is 2.81 bits per heavy atom. The molecule has 1 aliphatic rings. The zero-order valence-corrected chi connectivity index (χ0v) is 13.1. The van der Waals surface area contributed by atoms with E-state index in [1.54, 1.807) is 18.2 Å². The Labute approximate surface area is 129 Å². The lowest BCUT2D eigenvalue weighted by atomic mass is 10.1. The summed E-state index contributed by atoms with van der Waals surface area (Å²) in [6.07, 6.45) is 1.79. The lowest BCUT2D eigenvalue weighted by Crippen LogP contribution is -2.32. The minimum atomic E-state index is -0.254. The smallest absolute Gasteiger partial charge is 0.277 e. The predicted octanol–water partition coefficient (Wildman–Crippen LogP) is 2.23. The molecule has 1 heterocycles. The van der Waals surface area contributed by atoms with Crippen molar-refractivity contribution in [1.82, 2.24) is 10.3 Å². The monoisotopic (exact) mass is 309 g/mol. The molecule has 1 aromatic rings. The minimum absolute atomic E-state index is 0.0564. The Hall–Kier alpha value is -1.59. The average Bonchev–Trinajstić information content (AvgIpc) is 2.46. The van der Waals surface area contributed by atoms with Crippen molar-refractivity contribution in [2.75, 3.05) is 26.7 Å². The van der Waals surface area contributed by atoms with Gasteiger partial charge in [-0.3, -0.25) is 4.79 Å². The van der Waals surface area contributed by atoms with Crippen LogP contribution in [0.4, 0.5) is 0 Å². The van der Waals surface area contributed by atoms with E-state index in [9.17, 15) is 4.79 Å². The van der Waals surface area contributed by atoms with E-state index >= 15 is 0 Å². The van der Waals surface area contributed by atoms with Gasteiger partial charge < -0.3 is 9.64 Å². The highest BCUT2D eigenvalue weighted by molar-refractivity contribution is 6.30. The largest absolute Gasteiger partial charge is 0.483 e. The molecule has 0 unspecified atom stereocenters. The number of hydrogen-bond acceptors (Lipinski definition) is 4. The number of rotatable bonds is 4. The lowest BCUT2D eigenvalue weighted by molar-refractivity contribution is -0.123. The number of carbonyl (C=O) groups is 1. The van der Waals surface area contributed by atoms with E-state index in [1.165, 1.54) is 0 Å². The fourth-order valence-corrected chi connectivity index (χ4v) is 2.31. The second-order valence-corrected chi connectivity index (χ2v) is 5.65. The zero-order valence-electron chi connectivity index (χ0n) is 12.4. The normalized spacial score (nSPS) is 15.7. The standard InChI is InChI=1S/C15H20ClN3O2/c1-11-9-12(16)3-4-14(11)21-10-15(20)18-17-13-5-7-19(2)8-6-13/h3-4,9H,5-8,10H2,1-2H3,(H,18,20). The number of hydrazone groups is 1. The predicted molar refractivity (Wildman–Crippen MR) is 84.0 cm³/mol. The molecule has 1 amide bonds. The zero-order chi connectivity index (χ0) is 15.2. The van der Waals surface area contributed by atoms with Gasteiger partial charge in [0, 0.05) is 36.7 Å². The molecule has 114 valence electrons. The van der Waals surface area contributed by atoms with E-state index in [-0.39, 0.29) is 12.5 Å². The van der Waals surface area contributed by atoms with E-state index in [0.717, 1.165) is 37.2 Å². The number of halogens is 1. The molecule has 0 radical (unpaired) electrons. The topological polar surface area (TPSA) is 53.9 Å². The van der Waals surface area contributed by atoms with E-state index < -0.39 is 0 Å². The third-order valence-electron chi connectivity index (χ3n) is 3.40. The Morgan fingerprint density at radius 2 is 2.14 bits per heavy atom. The molecule has 6 heteroatoms. The van der Waals surface area contributed by atoms with Crippen LogP contribution in [0.15, 0.2) is 23.3 Å². The number of likely N-dealkylation sites (tertiary alicyclic amines) is 1. The molecule has 2 rings (SSSR count). The van der Waals surface area contributed by atoms with E-state index in [0.29, 0.717) is 10.8 Å². The van der Waals surface area contributed by atoms with E-state index in [2.05, 4.69) is 22.5 Å². The fraction of sp³-hybridized carbons (Fsp3) is 0.467. The SMILES string of the molecule is Cc1cc(Cl)ccc1OCC(=O)NN=C1CCN(C)CC1. The fourth-order valence-electron chi connectivity index (χ4n) is 2.08. The van der Waals surface area contributed by atoms with Crippen molar-refractivity contribution >= 4 is 23.2 Å². The highest BCUT2D eigenvalue weighted by Gasteiger charge is 2.11. The Balaban J connectivity index is 1.78. The summed E-state index contributed by atoms with van der Waals surface area (Å²) in [5.41, 5.74) is 4.48. The summed E-state index contributed by atoms with van der Waals surface area (Å²) in [6.45, 7) is 3.79. The molecule has 1 aliphatic heterocycles. The van der Waals surface area contributed by atoms with Crippen LogP contribution in [0.3, 0.4) is 0 Å². The van der Waals surface area contributed by atoms with Crippen molar-refractivity contribution in [3.8, 4) is 5.75 Å². The Morgan fingerprint density at radius 1 is 1.43 bits per heavy atom. The van der Waals surface area contributed by atoms with Gasteiger partial charge >= 0.3 is 0 Å². The number of nitrogens with one attached hydrogen (secondary N) is 1. The molecule has 0 atom stereocenters. The number of amides is 1. The second kappa shape index (κ2) is 7.43. The molecule has 1 fully saturated rings. The van der Waals surface area contributed by atoms with Crippen molar-refractivity contribution in [2.45, 2.75) is 19.8 Å². The number of ether oxygens (including phenoxy) is 1. The number of aryl methyl sites for hydroxylation is 1. The van der Waals surface area contributed by atoms with Gasteiger partial charge in [-0.25, -0.2) is 5.43 Å². The molecule has 0 spiro atoms. The van der Waals surface area contributed by atoms with Crippen molar-refractivity contribution in [2.24, 2.45) is 5.10 Å². The molecule has 5 nitrogen and oxygen atoms in total. The molecule has 1 saturated heterocycles. The molecular formula is C15H20ClN3O2. The third-order valence-corrected chi connectivity index (χ3v) is 3.63. The Bertz CT molecular complexity index is 536. The first-order valence-corrected chi connectivity index (χ1v) is 7.34. The van der Waals surface area contributed by atoms with Crippen molar-refractivity contribution < 1.29 is 9.53 Å². The first-order valence-electron chi connectivity index (χ1n) is 6.96. The van der Waals surface area contributed by atoms with Crippen LogP contribution in [0.5, 0.6) is 5.75 Å². The van der Waals surface area contributed by atoms with Gasteiger partial charge in [-0.1, -0.05) is 11.6 Å². The summed E-state index contributed by atoms with van der Waals surface area (Å²) < 4.78 is 5.46. The summed E-state index contributed by atoms with van der Waals surface area (Å²) in [5.74, 6) is 0.400.